The van der Waals surface area contributed by atoms with E-state index < -0.39 is 0 Å². The van der Waals surface area contributed by atoms with Gasteiger partial charge in [-0.3, -0.25) is 4.90 Å². The van der Waals surface area contributed by atoms with Crippen LogP contribution in [-0.4, -0.2) is 37.2 Å². The molecule has 19 heavy (non-hydrogen) atoms. The predicted octanol–water partition coefficient (Wildman–Crippen LogP) is 1.89. The largest absolute Gasteiger partial charge is 0.486 e. The van der Waals surface area contributed by atoms with Crippen molar-refractivity contribution >= 4 is 11.6 Å². The standard InChI is InChI=1S/C14H19ClN2O2/c1-9-6-17(8-12(9)16)7-10-4-11(15)14-13(5-10)18-2-3-19-14/h4-5,9,12H,2-3,6-8,16H2,1H3. The third-order valence-corrected chi connectivity index (χ3v) is 4.09. The second kappa shape index (κ2) is 5.19. The Labute approximate surface area is 118 Å². The zero-order valence-electron chi connectivity index (χ0n) is 11.1. The van der Waals surface area contributed by atoms with E-state index in [1.165, 1.54) is 0 Å². The quantitative estimate of drug-likeness (QED) is 0.900. The van der Waals surface area contributed by atoms with Gasteiger partial charge in [0.05, 0.1) is 5.02 Å². The van der Waals surface area contributed by atoms with Crippen LogP contribution >= 0.6 is 11.6 Å². The number of likely N-dealkylation sites (tertiary alicyclic amines) is 1. The van der Waals surface area contributed by atoms with Crippen molar-refractivity contribution in [3.05, 3.63) is 22.7 Å². The van der Waals surface area contributed by atoms with Gasteiger partial charge in [0.2, 0.25) is 0 Å². The molecule has 2 aliphatic heterocycles. The molecule has 0 aliphatic carbocycles. The summed E-state index contributed by atoms with van der Waals surface area (Å²) in [6.45, 7) is 6.17. The van der Waals surface area contributed by atoms with Gasteiger partial charge in [0.25, 0.3) is 0 Å². The maximum absolute atomic E-state index is 6.24. The predicted molar refractivity (Wildman–Crippen MR) is 74.9 cm³/mol. The average Bonchev–Trinajstić information content (AvgIpc) is 2.68. The smallest absolute Gasteiger partial charge is 0.179 e. The molecule has 5 heteroatoms. The molecule has 2 heterocycles. The van der Waals surface area contributed by atoms with Crippen molar-refractivity contribution in [3.63, 3.8) is 0 Å². The van der Waals surface area contributed by atoms with Gasteiger partial charge in [-0.1, -0.05) is 18.5 Å². The van der Waals surface area contributed by atoms with Gasteiger partial charge in [0, 0.05) is 25.7 Å². The zero-order chi connectivity index (χ0) is 13.4. The molecule has 2 atom stereocenters. The van der Waals surface area contributed by atoms with Crippen LogP contribution in [0.5, 0.6) is 11.5 Å². The van der Waals surface area contributed by atoms with Gasteiger partial charge < -0.3 is 15.2 Å². The first-order chi connectivity index (χ1) is 9.13. The van der Waals surface area contributed by atoms with E-state index in [1.54, 1.807) is 0 Å². The molecule has 2 unspecified atom stereocenters. The Bertz CT molecular complexity index is 471. The third-order valence-electron chi connectivity index (χ3n) is 3.81. The number of nitrogens with zero attached hydrogens (tertiary/aromatic N) is 1. The molecule has 1 fully saturated rings. The van der Waals surface area contributed by atoms with E-state index in [0.29, 0.717) is 29.9 Å². The van der Waals surface area contributed by atoms with Crippen LogP contribution in [0.25, 0.3) is 0 Å². The first-order valence-corrected chi connectivity index (χ1v) is 7.07. The Hall–Kier alpha value is -0.970. The van der Waals surface area contributed by atoms with Gasteiger partial charge in [0.15, 0.2) is 11.5 Å². The van der Waals surface area contributed by atoms with Gasteiger partial charge in [0.1, 0.15) is 13.2 Å². The molecule has 0 spiro atoms. The molecule has 0 amide bonds. The highest BCUT2D eigenvalue weighted by Crippen LogP contribution is 2.38. The number of fused-ring (bicyclic) bond motifs is 1. The fraction of sp³-hybridized carbons (Fsp3) is 0.571. The first-order valence-electron chi connectivity index (χ1n) is 6.69. The number of nitrogens with two attached hydrogens (primary N) is 1. The Morgan fingerprint density at radius 2 is 2.11 bits per heavy atom. The van der Waals surface area contributed by atoms with Crippen LogP contribution in [0.2, 0.25) is 5.02 Å². The van der Waals surface area contributed by atoms with Gasteiger partial charge in [-0.2, -0.15) is 0 Å². The number of hydrogen-bond donors (Lipinski definition) is 1. The molecule has 2 aliphatic rings. The Morgan fingerprint density at radius 3 is 2.84 bits per heavy atom. The highest BCUT2D eigenvalue weighted by molar-refractivity contribution is 6.32. The summed E-state index contributed by atoms with van der Waals surface area (Å²) in [6.07, 6.45) is 0. The molecule has 3 rings (SSSR count). The molecular formula is C14H19ClN2O2. The maximum Gasteiger partial charge on any atom is 0.179 e. The molecule has 1 aromatic carbocycles. The van der Waals surface area contributed by atoms with Gasteiger partial charge in [-0.05, 0) is 23.6 Å². The van der Waals surface area contributed by atoms with Crippen molar-refractivity contribution < 1.29 is 9.47 Å². The SMILES string of the molecule is CC1CN(Cc2cc(Cl)c3c(c2)OCCO3)CC1N. The second-order valence-electron chi connectivity index (χ2n) is 5.44. The molecule has 1 aromatic rings. The van der Waals surface area contributed by atoms with Crippen LogP contribution in [0.3, 0.4) is 0 Å². The number of benzene rings is 1. The van der Waals surface area contributed by atoms with E-state index in [2.05, 4.69) is 11.8 Å². The lowest BCUT2D eigenvalue weighted by Crippen LogP contribution is -2.28. The van der Waals surface area contributed by atoms with E-state index in [4.69, 9.17) is 26.8 Å². The monoisotopic (exact) mass is 282 g/mol. The van der Waals surface area contributed by atoms with Crippen molar-refractivity contribution in [2.24, 2.45) is 11.7 Å². The molecule has 1 saturated heterocycles. The van der Waals surface area contributed by atoms with E-state index >= 15 is 0 Å². The summed E-state index contributed by atoms with van der Waals surface area (Å²) in [5, 5.41) is 0.628. The normalized spacial score (nSPS) is 26.7. The van der Waals surface area contributed by atoms with Crippen molar-refractivity contribution in [1.29, 1.82) is 0 Å². The van der Waals surface area contributed by atoms with Crippen molar-refractivity contribution in [2.75, 3.05) is 26.3 Å². The number of rotatable bonds is 2. The van der Waals surface area contributed by atoms with Gasteiger partial charge in [-0.15, -0.1) is 0 Å². The van der Waals surface area contributed by atoms with Crippen LogP contribution in [0.1, 0.15) is 12.5 Å². The van der Waals surface area contributed by atoms with E-state index in [0.717, 1.165) is 30.9 Å². The lowest BCUT2D eigenvalue weighted by molar-refractivity contribution is 0.171. The topological polar surface area (TPSA) is 47.7 Å². The van der Waals surface area contributed by atoms with E-state index in [9.17, 15) is 0 Å². The highest BCUT2D eigenvalue weighted by Gasteiger charge is 2.27. The van der Waals surface area contributed by atoms with Crippen molar-refractivity contribution in [2.45, 2.75) is 19.5 Å². The summed E-state index contributed by atoms with van der Waals surface area (Å²) in [7, 11) is 0. The molecule has 0 bridgehead atoms. The minimum Gasteiger partial charge on any atom is -0.486 e. The summed E-state index contributed by atoms with van der Waals surface area (Å²) in [5.41, 5.74) is 7.20. The average molecular weight is 283 g/mol. The number of ether oxygens (including phenoxy) is 2. The zero-order valence-corrected chi connectivity index (χ0v) is 11.8. The molecule has 2 N–H and O–H groups in total. The Kier molecular flexibility index (Phi) is 3.56. The van der Waals surface area contributed by atoms with E-state index in [-0.39, 0.29) is 6.04 Å². The molecule has 0 radical (unpaired) electrons. The Balaban J connectivity index is 1.77. The van der Waals surface area contributed by atoms with Gasteiger partial charge in [-0.25, -0.2) is 0 Å². The summed E-state index contributed by atoms with van der Waals surface area (Å²) < 4.78 is 11.1. The lowest BCUT2D eigenvalue weighted by Gasteiger charge is -2.22. The first kappa shape index (κ1) is 13.0. The fourth-order valence-corrected chi connectivity index (χ4v) is 3.03. The minimum atomic E-state index is 0.271. The van der Waals surface area contributed by atoms with Crippen LogP contribution in [0.15, 0.2) is 12.1 Å². The van der Waals surface area contributed by atoms with Crippen LogP contribution < -0.4 is 15.2 Å². The summed E-state index contributed by atoms with van der Waals surface area (Å²) in [6, 6.07) is 4.26. The van der Waals surface area contributed by atoms with E-state index in [1.807, 2.05) is 12.1 Å². The van der Waals surface area contributed by atoms with Crippen LogP contribution in [0, 0.1) is 5.92 Å². The third kappa shape index (κ3) is 2.66. The Morgan fingerprint density at radius 1 is 1.32 bits per heavy atom. The number of hydrogen-bond acceptors (Lipinski definition) is 4. The molecular weight excluding hydrogens is 264 g/mol. The highest BCUT2D eigenvalue weighted by atomic mass is 35.5. The van der Waals surface area contributed by atoms with Crippen LogP contribution in [0.4, 0.5) is 0 Å². The van der Waals surface area contributed by atoms with Crippen molar-refractivity contribution in [3.8, 4) is 11.5 Å². The summed E-state index contributed by atoms with van der Waals surface area (Å²) in [4.78, 5) is 2.36. The lowest BCUT2D eigenvalue weighted by atomic mass is 10.1. The minimum absolute atomic E-state index is 0.271. The summed E-state index contributed by atoms with van der Waals surface area (Å²) >= 11 is 6.24. The second-order valence-corrected chi connectivity index (χ2v) is 5.84. The van der Waals surface area contributed by atoms with Gasteiger partial charge >= 0.3 is 0 Å². The fourth-order valence-electron chi connectivity index (χ4n) is 2.74. The molecule has 4 nitrogen and oxygen atoms in total. The van der Waals surface area contributed by atoms with Crippen LogP contribution in [-0.2, 0) is 6.54 Å². The molecule has 0 aromatic heterocycles. The van der Waals surface area contributed by atoms with Crippen molar-refractivity contribution in [1.82, 2.24) is 4.90 Å². The summed E-state index contributed by atoms with van der Waals surface area (Å²) in [5.74, 6) is 1.97. The maximum atomic E-state index is 6.24. The number of halogens is 1. The molecule has 104 valence electrons. The molecule has 0 saturated carbocycles.